The Morgan fingerprint density at radius 1 is 1.17 bits per heavy atom. The minimum Gasteiger partial charge on any atom is -0.484 e. The molecule has 0 aliphatic heterocycles. The minimum atomic E-state index is -0.159. The average Bonchev–Trinajstić information content (AvgIpc) is 2.60. The quantitative estimate of drug-likeness (QED) is 0.722. The highest BCUT2D eigenvalue weighted by atomic mass is 35.5. The topological polar surface area (TPSA) is 64.1 Å². The van der Waals surface area contributed by atoms with Crippen molar-refractivity contribution in [3.05, 3.63) is 53.7 Å². The monoisotopic (exact) mass is 341 g/mol. The highest BCUT2D eigenvalue weighted by Gasteiger charge is 2.09. The number of amides is 1. The molecule has 0 saturated carbocycles. The predicted molar refractivity (Wildman–Crippen MR) is 94.2 cm³/mol. The molecule has 1 amide bonds. The summed E-state index contributed by atoms with van der Waals surface area (Å²) >= 11 is 6.25. The normalized spacial score (nSPS) is 10.6. The lowest BCUT2D eigenvalue weighted by atomic mass is 10.2. The van der Waals surface area contributed by atoms with Crippen molar-refractivity contribution in [3.8, 4) is 17.1 Å². The first-order chi connectivity index (χ1) is 11.7. The van der Waals surface area contributed by atoms with Crippen LogP contribution in [0.25, 0.3) is 22.3 Å². The Hall–Kier alpha value is -2.66. The number of rotatable bonds is 5. The van der Waals surface area contributed by atoms with E-state index in [1.807, 2.05) is 43.3 Å². The van der Waals surface area contributed by atoms with Gasteiger partial charge in [-0.25, -0.2) is 9.97 Å². The number of benzene rings is 2. The van der Waals surface area contributed by atoms with Gasteiger partial charge in [0.05, 0.1) is 5.52 Å². The summed E-state index contributed by atoms with van der Waals surface area (Å²) < 4.78 is 5.50. The van der Waals surface area contributed by atoms with Crippen molar-refractivity contribution in [1.29, 1.82) is 0 Å². The van der Waals surface area contributed by atoms with E-state index in [1.165, 1.54) is 0 Å². The summed E-state index contributed by atoms with van der Waals surface area (Å²) in [5.41, 5.74) is 1.55. The van der Waals surface area contributed by atoms with Crippen LogP contribution in [0.5, 0.6) is 5.75 Å². The lowest BCUT2D eigenvalue weighted by Crippen LogP contribution is -2.28. The van der Waals surface area contributed by atoms with E-state index in [9.17, 15) is 4.79 Å². The molecule has 0 bridgehead atoms. The van der Waals surface area contributed by atoms with Gasteiger partial charge in [0.2, 0.25) is 0 Å². The molecule has 5 nitrogen and oxygen atoms in total. The van der Waals surface area contributed by atoms with E-state index in [0.29, 0.717) is 23.3 Å². The number of nitrogens with one attached hydrogen (secondary N) is 1. The zero-order valence-electron chi connectivity index (χ0n) is 13.1. The number of nitrogens with zero attached hydrogens (tertiary/aromatic N) is 2. The molecule has 0 aliphatic carbocycles. The Morgan fingerprint density at radius 2 is 2.00 bits per heavy atom. The second-order valence-corrected chi connectivity index (χ2v) is 5.48. The van der Waals surface area contributed by atoms with E-state index < -0.39 is 0 Å². The van der Waals surface area contributed by atoms with Crippen LogP contribution in [0.1, 0.15) is 6.92 Å². The second-order valence-electron chi connectivity index (χ2n) is 5.13. The number of fused-ring (bicyclic) bond motifs is 1. The Morgan fingerprint density at radius 3 is 2.83 bits per heavy atom. The fourth-order valence-corrected chi connectivity index (χ4v) is 2.53. The van der Waals surface area contributed by atoms with E-state index in [2.05, 4.69) is 15.3 Å². The SMILES string of the molecule is CCNC(=O)COc1cccc(-c2nc(Cl)c3ccccc3n2)c1. The molecule has 0 spiro atoms. The average molecular weight is 342 g/mol. The summed E-state index contributed by atoms with van der Waals surface area (Å²) in [6, 6.07) is 14.9. The molecule has 1 aromatic heterocycles. The molecule has 0 atom stereocenters. The molecule has 0 fully saturated rings. The predicted octanol–water partition coefficient (Wildman–Crippen LogP) is 3.47. The summed E-state index contributed by atoms with van der Waals surface area (Å²) in [6.07, 6.45) is 0. The van der Waals surface area contributed by atoms with Crippen LogP contribution in [0, 0.1) is 0 Å². The van der Waals surface area contributed by atoms with E-state index in [4.69, 9.17) is 16.3 Å². The number of hydrogen-bond donors (Lipinski definition) is 1. The fourth-order valence-electron chi connectivity index (χ4n) is 2.29. The number of likely N-dealkylation sites (N-methyl/N-ethyl adjacent to an activating group) is 1. The molecule has 1 heterocycles. The van der Waals surface area contributed by atoms with Crippen LogP contribution < -0.4 is 10.1 Å². The molecule has 6 heteroatoms. The Labute approximate surface area is 144 Å². The summed E-state index contributed by atoms with van der Waals surface area (Å²) in [5, 5.41) is 3.90. The van der Waals surface area contributed by atoms with Crippen molar-refractivity contribution in [2.24, 2.45) is 0 Å². The third kappa shape index (κ3) is 3.63. The molecule has 0 unspecified atom stereocenters. The van der Waals surface area contributed by atoms with Crippen LogP contribution in [0.15, 0.2) is 48.5 Å². The number of para-hydroxylation sites is 1. The molecular weight excluding hydrogens is 326 g/mol. The van der Waals surface area contributed by atoms with E-state index in [0.717, 1.165) is 16.5 Å². The number of hydrogen-bond acceptors (Lipinski definition) is 4. The van der Waals surface area contributed by atoms with Crippen LogP contribution in [-0.2, 0) is 4.79 Å². The van der Waals surface area contributed by atoms with E-state index >= 15 is 0 Å². The van der Waals surface area contributed by atoms with Crippen LogP contribution in [-0.4, -0.2) is 29.0 Å². The van der Waals surface area contributed by atoms with Crippen LogP contribution in [0.2, 0.25) is 5.15 Å². The van der Waals surface area contributed by atoms with Crippen LogP contribution >= 0.6 is 11.6 Å². The maximum atomic E-state index is 11.5. The van der Waals surface area contributed by atoms with Gasteiger partial charge >= 0.3 is 0 Å². The minimum absolute atomic E-state index is 0.0311. The zero-order valence-corrected chi connectivity index (χ0v) is 13.9. The molecule has 0 saturated heterocycles. The van der Waals surface area contributed by atoms with Crippen molar-refractivity contribution in [2.75, 3.05) is 13.2 Å². The molecule has 3 rings (SSSR count). The van der Waals surface area contributed by atoms with E-state index in [-0.39, 0.29) is 12.5 Å². The lowest BCUT2D eigenvalue weighted by Gasteiger charge is -2.08. The first-order valence-electron chi connectivity index (χ1n) is 7.59. The second kappa shape index (κ2) is 7.27. The zero-order chi connectivity index (χ0) is 16.9. The van der Waals surface area contributed by atoms with Crippen LogP contribution in [0.4, 0.5) is 0 Å². The lowest BCUT2D eigenvalue weighted by molar-refractivity contribution is -0.122. The van der Waals surface area contributed by atoms with Gasteiger partial charge in [0.1, 0.15) is 10.9 Å². The summed E-state index contributed by atoms with van der Waals surface area (Å²) in [6.45, 7) is 2.40. The highest BCUT2D eigenvalue weighted by Crippen LogP contribution is 2.26. The highest BCUT2D eigenvalue weighted by molar-refractivity contribution is 6.34. The van der Waals surface area contributed by atoms with Gasteiger partial charge in [-0.1, -0.05) is 35.9 Å². The van der Waals surface area contributed by atoms with Gasteiger partial charge in [-0.05, 0) is 31.2 Å². The Bertz CT molecular complexity index is 883. The first-order valence-corrected chi connectivity index (χ1v) is 7.97. The molecular formula is C18H16ClN3O2. The van der Waals surface area contributed by atoms with Gasteiger partial charge < -0.3 is 10.1 Å². The van der Waals surface area contributed by atoms with E-state index in [1.54, 1.807) is 12.1 Å². The summed E-state index contributed by atoms with van der Waals surface area (Å²) in [5.74, 6) is 0.932. The number of halogens is 1. The molecule has 3 aromatic rings. The summed E-state index contributed by atoms with van der Waals surface area (Å²) in [7, 11) is 0. The molecule has 2 aromatic carbocycles. The van der Waals surface area contributed by atoms with Crippen molar-refractivity contribution in [2.45, 2.75) is 6.92 Å². The maximum absolute atomic E-state index is 11.5. The smallest absolute Gasteiger partial charge is 0.257 e. The van der Waals surface area contributed by atoms with Crippen molar-refractivity contribution in [1.82, 2.24) is 15.3 Å². The van der Waals surface area contributed by atoms with Crippen molar-refractivity contribution < 1.29 is 9.53 Å². The van der Waals surface area contributed by atoms with Gasteiger partial charge in [-0.15, -0.1) is 0 Å². The standard InChI is InChI=1S/C18H16ClN3O2/c1-2-20-16(23)11-24-13-7-5-6-12(10-13)18-21-15-9-4-3-8-14(15)17(19)22-18/h3-10H,2,11H2,1H3,(H,20,23). The van der Waals surface area contributed by atoms with Crippen molar-refractivity contribution >= 4 is 28.4 Å². The summed E-state index contributed by atoms with van der Waals surface area (Å²) in [4.78, 5) is 20.4. The van der Waals surface area contributed by atoms with Gasteiger partial charge in [-0.3, -0.25) is 4.79 Å². The number of ether oxygens (including phenoxy) is 1. The van der Waals surface area contributed by atoms with Gasteiger partial charge in [0.25, 0.3) is 5.91 Å². The molecule has 24 heavy (non-hydrogen) atoms. The number of aromatic nitrogens is 2. The largest absolute Gasteiger partial charge is 0.484 e. The van der Waals surface area contributed by atoms with Crippen LogP contribution in [0.3, 0.4) is 0 Å². The third-order valence-electron chi connectivity index (χ3n) is 3.39. The molecule has 1 N–H and O–H groups in total. The Balaban J connectivity index is 1.87. The first kappa shape index (κ1) is 16.2. The maximum Gasteiger partial charge on any atom is 0.257 e. The van der Waals surface area contributed by atoms with Gasteiger partial charge in [0.15, 0.2) is 12.4 Å². The van der Waals surface area contributed by atoms with Crippen molar-refractivity contribution in [3.63, 3.8) is 0 Å². The molecule has 122 valence electrons. The molecule has 0 radical (unpaired) electrons. The third-order valence-corrected chi connectivity index (χ3v) is 3.68. The Kier molecular flexibility index (Phi) is 4.91. The van der Waals surface area contributed by atoms with Gasteiger partial charge in [0, 0.05) is 17.5 Å². The molecule has 0 aliphatic rings. The van der Waals surface area contributed by atoms with Gasteiger partial charge in [-0.2, -0.15) is 0 Å². The number of carbonyl (C=O) groups excluding carboxylic acids is 1. The fraction of sp³-hybridized carbons (Fsp3) is 0.167. The number of carbonyl (C=O) groups is 1.